The van der Waals surface area contributed by atoms with Gasteiger partial charge in [-0.2, -0.15) is 0 Å². The number of hydrogen-bond donors (Lipinski definition) is 2. The van der Waals surface area contributed by atoms with E-state index in [1.165, 1.54) is 19.3 Å². The molecule has 2 heterocycles. The zero-order valence-electron chi connectivity index (χ0n) is 8.65. The third-order valence-corrected chi connectivity index (χ3v) is 4.50. The molecule has 0 aromatic rings. The van der Waals surface area contributed by atoms with Gasteiger partial charge in [-0.1, -0.05) is 12.8 Å². The first kappa shape index (κ1) is 9.13. The summed E-state index contributed by atoms with van der Waals surface area (Å²) in [4.78, 5) is 2.43. The van der Waals surface area contributed by atoms with Crippen LogP contribution in [0.5, 0.6) is 0 Å². The number of aliphatic hydroxyl groups is 1. The highest BCUT2D eigenvalue weighted by Crippen LogP contribution is 2.42. The van der Waals surface area contributed by atoms with E-state index in [1.807, 2.05) is 0 Å². The fourth-order valence-corrected chi connectivity index (χ4v) is 3.52. The molecule has 2 saturated heterocycles. The summed E-state index contributed by atoms with van der Waals surface area (Å²) in [5, 5.41) is 10.3. The average molecular weight is 196 g/mol. The molecule has 2 bridgehead atoms. The zero-order chi connectivity index (χ0) is 9.76. The van der Waals surface area contributed by atoms with Gasteiger partial charge >= 0.3 is 0 Å². The third kappa shape index (κ3) is 1.23. The number of fused-ring (bicyclic) bond motifs is 1. The van der Waals surface area contributed by atoms with E-state index < -0.39 is 0 Å². The molecule has 0 radical (unpaired) electrons. The Hall–Kier alpha value is -0.120. The fraction of sp³-hybridized carbons (Fsp3) is 1.00. The van der Waals surface area contributed by atoms with Gasteiger partial charge in [-0.3, -0.25) is 4.90 Å². The van der Waals surface area contributed by atoms with Crippen LogP contribution in [0.4, 0.5) is 0 Å². The maximum Gasteiger partial charge on any atom is 0.0774 e. The quantitative estimate of drug-likeness (QED) is 0.669. The third-order valence-electron chi connectivity index (χ3n) is 4.50. The molecule has 14 heavy (non-hydrogen) atoms. The summed E-state index contributed by atoms with van der Waals surface area (Å²) in [6.07, 6.45) is 5.67. The molecule has 4 fully saturated rings. The van der Waals surface area contributed by atoms with Crippen LogP contribution in [0.15, 0.2) is 0 Å². The van der Waals surface area contributed by atoms with E-state index in [9.17, 15) is 5.11 Å². The standard InChI is InChI=1S/C11H20N2O/c12-10-8-5-9(10)13(6-8)7-11(14)3-1-2-4-11/h8-10,14H,1-7,12H2. The minimum atomic E-state index is -0.378. The van der Waals surface area contributed by atoms with Crippen LogP contribution in [0, 0.1) is 5.92 Å². The Morgan fingerprint density at radius 3 is 2.57 bits per heavy atom. The highest BCUT2D eigenvalue weighted by Gasteiger charge is 2.51. The van der Waals surface area contributed by atoms with Crippen LogP contribution >= 0.6 is 0 Å². The van der Waals surface area contributed by atoms with Gasteiger partial charge in [0.15, 0.2) is 0 Å². The summed E-state index contributed by atoms with van der Waals surface area (Å²) in [7, 11) is 0. The van der Waals surface area contributed by atoms with Crippen molar-refractivity contribution in [2.24, 2.45) is 11.7 Å². The smallest absolute Gasteiger partial charge is 0.0774 e. The minimum absolute atomic E-state index is 0.378. The van der Waals surface area contributed by atoms with Crippen LogP contribution < -0.4 is 5.73 Å². The molecule has 4 rings (SSSR count). The monoisotopic (exact) mass is 196 g/mol. The molecular weight excluding hydrogens is 176 g/mol. The lowest BCUT2D eigenvalue weighted by Crippen LogP contribution is -2.51. The molecule has 80 valence electrons. The maximum absolute atomic E-state index is 10.3. The van der Waals surface area contributed by atoms with Gasteiger partial charge in [-0.15, -0.1) is 0 Å². The summed E-state index contributed by atoms with van der Waals surface area (Å²) in [5.41, 5.74) is 5.63. The van der Waals surface area contributed by atoms with Crippen molar-refractivity contribution < 1.29 is 5.11 Å². The van der Waals surface area contributed by atoms with Gasteiger partial charge in [-0.05, 0) is 25.2 Å². The number of hydrogen-bond acceptors (Lipinski definition) is 3. The lowest BCUT2D eigenvalue weighted by Gasteiger charge is -2.36. The Balaban J connectivity index is 1.63. The first-order valence-electron chi connectivity index (χ1n) is 5.90. The molecule has 0 aromatic heterocycles. The van der Waals surface area contributed by atoms with Crippen molar-refractivity contribution >= 4 is 0 Å². The molecule has 0 spiro atoms. The second kappa shape index (κ2) is 2.94. The zero-order valence-corrected chi connectivity index (χ0v) is 8.65. The van der Waals surface area contributed by atoms with Crippen molar-refractivity contribution in [3.05, 3.63) is 0 Å². The summed E-state index contributed by atoms with van der Waals surface area (Å²) in [5.74, 6) is 0.727. The first-order valence-corrected chi connectivity index (χ1v) is 5.90. The summed E-state index contributed by atoms with van der Waals surface area (Å²) >= 11 is 0. The number of rotatable bonds is 2. The summed E-state index contributed by atoms with van der Waals surface area (Å²) in [6.45, 7) is 2.01. The molecule has 4 aliphatic rings. The van der Waals surface area contributed by atoms with E-state index in [-0.39, 0.29) is 5.60 Å². The molecular formula is C11H20N2O. The number of nitrogens with two attached hydrogens (primary N) is 1. The molecule has 0 amide bonds. The Kier molecular flexibility index (Phi) is 1.92. The number of nitrogens with zero attached hydrogens (tertiary/aromatic N) is 1. The van der Waals surface area contributed by atoms with Crippen LogP contribution in [0.3, 0.4) is 0 Å². The van der Waals surface area contributed by atoms with Gasteiger partial charge in [0, 0.05) is 25.2 Å². The highest BCUT2D eigenvalue weighted by molar-refractivity contribution is 5.08. The summed E-state index contributed by atoms with van der Waals surface area (Å²) in [6, 6.07) is 0.990. The van der Waals surface area contributed by atoms with Gasteiger partial charge in [0.05, 0.1) is 5.60 Å². The second-order valence-electron chi connectivity index (χ2n) is 5.50. The summed E-state index contributed by atoms with van der Waals surface area (Å²) < 4.78 is 0. The normalized spacial score (nSPS) is 45.4. The van der Waals surface area contributed by atoms with Crippen molar-refractivity contribution in [3.8, 4) is 0 Å². The van der Waals surface area contributed by atoms with Gasteiger partial charge in [0.25, 0.3) is 0 Å². The van der Waals surface area contributed by atoms with Crippen molar-refractivity contribution in [1.82, 2.24) is 4.90 Å². The van der Waals surface area contributed by atoms with Gasteiger partial charge in [0.2, 0.25) is 0 Å². The van der Waals surface area contributed by atoms with Crippen molar-refractivity contribution in [2.75, 3.05) is 13.1 Å². The van der Waals surface area contributed by atoms with E-state index >= 15 is 0 Å². The maximum atomic E-state index is 10.3. The molecule has 3 N–H and O–H groups in total. The average Bonchev–Trinajstić information content (AvgIpc) is 2.79. The van der Waals surface area contributed by atoms with Gasteiger partial charge in [-0.25, -0.2) is 0 Å². The van der Waals surface area contributed by atoms with E-state index in [0.717, 1.165) is 31.8 Å². The molecule has 3 nitrogen and oxygen atoms in total. The van der Waals surface area contributed by atoms with Crippen LogP contribution in [0.2, 0.25) is 0 Å². The Morgan fingerprint density at radius 1 is 1.36 bits per heavy atom. The van der Waals surface area contributed by atoms with Crippen LogP contribution in [-0.4, -0.2) is 40.8 Å². The SMILES string of the molecule is NC1C2CC1N(CC1(O)CCCC1)C2. The Morgan fingerprint density at radius 2 is 2.07 bits per heavy atom. The van der Waals surface area contributed by atoms with E-state index in [4.69, 9.17) is 5.73 Å². The lowest BCUT2D eigenvalue weighted by atomic mass is 9.81. The predicted molar refractivity (Wildman–Crippen MR) is 54.9 cm³/mol. The van der Waals surface area contributed by atoms with Crippen LogP contribution in [0.25, 0.3) is 0 Å². The molecule has 2 aliphatic carbocycles. The van der Waals surface area contributed by atoms with Crippen LogP contribution in [0.1, 0.15) is 32.1 Å². The fourth-order valence-electron chi connectivity index (χ4n) is 3.52. The van der Waals surface area contributed by atoms with Crippen molar-refractivity contribution in [3.63, 3.8) is 0 Å². The molecule has 2 saturated carbocycles. The topological polar surface area (TPSA) is 49.5 Å². The van der Waals surface area contributed by atoms with Gasteiger partial charge < -0.3 is 10.8 Å². The highest BCUT2D eigenvalue weighted by atomic mass is 16.3. The van der Waals surface area contributed by atoms with Gasteiger partial charge in [0.1, 0.15) is 0 Å². The van der Waals surface area contributed by atoms with E-state index in [1.54, 1.807) is 0 Å². The van der Waals surface area contributed by atoms with Crippen LogP contribution in [-0.2, 0) is 0 Å². The molecule has 3 heteroatoms. The molecule has 3 atom stereocenters. The minimum Gasteiger partial charge on any atom is -0.389 e. The van der Waals surface area contributed by atoms with E-state index in [2.05, 4.69) is 4.90 Å². The predicted octanol–water partition coefficient (Wildman–Crippen LogP) is 0.323. The molecule has 0 aromatic carbocycles. The Labute approximate surface area is 85.3 Å². The van der Waals surface area contributed by atoms with Crippen molar-refractivity contribution in [2.45, 2.75) is 49.8 Å². The van der Waals surface area contributed by atoms with E-state index in [0.29, 0.717) is 12.1 Å². The largest absolute Gasteiger partial charge is 0.389 e. The second-order valence-corrected chi connectivity index (χ2v) is 5.50. The Bertz CT molecular complexity index is 237. The lowest BCUT2D eigenvalue weighted by molar-refractivity contribution is 0.00723. The molecule has 3 unspecified atom stereocenters. The first-order chi connectivity index (χ1) is 6.68. The molecule has 2 aliphatic heterocycles. The van der Waals surface area contributed by atoms with Crippen molar-refractivity contribution in [1.29, 1.82) is 0 Å².